The molecule has 214 valence electrons. The van der Waals surface area contributed by atoms with Crippen LogP contribution in [0.25, 0.3) is 22.5 Å². The first kappa shape index (κ1) is 28.3. The monoisotopic (exact) mass is 567 g/mol. The molecule has 0 fully saturated rings. The van der Waals surface area contributed by atoms with Gasteiger partial charge in [0.15, 0.2) is 0 Å². The third kappa shape index (κ3) is 6.74. The number of aromatic amines is 1. The Morgan fingerprint density at radius 1 is 1.02 bits per heavy atom. The number of carbonyl (C=O) groups is 2. The molecule has 0 radical (unpaired) electrons. The molecule has 5 aromatic rings. The van der Waals surface area contributed by atoms with Gasteiger partial charge in [0.05, 0.1) is 13.0 Å². The van der Waals surface area contributed by atoms with E-state index in [0.717, 1.165) is 34.4 Å². The van der Waals surface area contributed by atoms with E-state index in [1.54, 1.807) is 28.9 Å². The average Bonchev–Trinajstić information content (AvgIpc) is 3.66. The minimum absolute atomic E-state index is 0.0510. The predicted octanol–water partition coefficient (Wildman–Crippen LogP) is 4.69. The van der Waals surface area contributed by atoms with Crippen molar-refractivity contribution >= 4 is 11.9 Å². The normalized spacial score (nSPS) is 11.8. The molecule has 2 heterocycles. The Balaban J connectivity index is 1.33. The summed E-state index contributed by atoms with van der Waals surface area (Å²) in [5.74, 6) is -1.51. The largest absolute Gasteiger partial charge is 0.481 e. The summed E-state index contributed by atoms with van der Waals surface area (Å²) in [5, 5.41) is 31.1. The van der Waals surface area contributed by atoms with Crippen LogP contribution in [-0.2, 0) is 24.2 Å². The van der Waals surface area contributed by atoms with Gasteiger partial charge in [0.25, 0.3) is 5.91 Å². The second-order valence-corrected chi connectivity index (χ2v) is 9.97. The van der Waals surface area contributed by atoms with Crippen molar-refractivity contribution in [3.8, 4) is 22.5 Å². The topological polar surface area (TPSA) is 139 Å². The van der Waals surface area contributed by atoms with E-state index in [2.05, 4.69) is 31.0 Å². The molecule has 3 N–H and O–H groups in total. The summed E-state index contributed by atoms with van der Waals surface area (Å²) in [6.07, 6.45) is 1.28. The van der Waals surface area contributed by atoms with E-state index in [1.807, 2.05) is 55.5 Å². The molecule has 1 unspecified atom stereocenters. The minimum Gasteiger partial charge on any atom is -0.481 e. The number of nitrogens with one attached hydrogen (secondary N) is 2. The highest BCUT2D eigenvalue weighted by atomic mass is 19.1. The lowest BCUT2D eigenvalue weighted by Gasteiger charge is -2.16. The van der Waals surface area contributed by atoms with Crippen molar-refractivity contribution in [1.82, 2.24) is 35.7 Å². The Morgan fingerprint density at radius 2 is 1.76 bits per heavy atom. The van der Waals surface area contributed by atoms with Crippen LogP contribution in [0, 0.1) is 5.82 Å². The lowest BCUT2D eigenvalue weighted by Crippen LogP contribution is -2.38. The van der Waals surface area contributed by atoms with Crippen LogP contribution in [0.4, 0.5) is 4.39 Å². The Bertz CT molecular complexity index is 1670. The van der Waals surface area contributed by atoms with Gasteiger partial charge in [-0.25, -0.2) is 4.39 Å². The summed E-state index contributed by atoms with van der Waals surface area (Å²) in [6, 6.07) is 23.0. The van der Waals surface area contributed by atoms with Crippen LogP contribution in [0.3, 0.4) is 0 Å². The Morgan fingerprint density at radius 3 is 2.45 bits per heavy atom. The van der Waals surface area contributed by atoms with Crippen molar-refractivity contribution in [1.29, 1.82) is 0 Å². The van der Waals surface area contributed by atoms with E-state index in [-0.39, 0.29) is 18.5 Å². The zero-order valence-electron chi connectivity index (χ0n) is 23.0. The fourth-order valence-electron chi connectivity index (χ4n) is 4.90. The molecule has 5 rings (SSSR count). The smallest absolute Gasteiger partial charge is 0.305 e. The van der Waals surface area contributed by atoms with Crippen LogP contribution in [0.15, 0.2) is 78.9 Å². The van der Waals surface area contributed by atoms with Gasteiger partial charge in [0, 0.05) is 17.3 Å². The number of carboxylic acid groups (broad SMARTS) is 1. The van der Waals surface area contributed by atoms with Crippen molar-refractivity contribution in [2.75, 3.05) is 0 Å². The summed E-state index contributed by atoms with van der Waals surface area (Å²) >= 11 is 0. The maximum atomic E-state index is 14.2. The first-order valence-electron chi connectivity index (χ1n) is 13.7. The van der Waals surface area contributed by atoms with Crippen LogP contribution in [0.5, 0.6) is 0 Å². The predicted molar refractivity (Wildman–Crippen MR) is 154 cm³/mol. The third-order valence-electron chi connectivity index (χ3n) is 6.89. The van der Waals surface area contributed by atoms with Gasteiger partial charge in [0.1, 0.15) is 11.5 Å². The number of carbonyl (C=O) groups excluding carboxylic acids is 1. The molecule has 0 aliphatic rings. The third-order valence-corrected chi connectivity index (χ3v) is 6.89. The average molecular weight is 568 g/mol. The summed E-state index contributed by atoms with van der Waals surface area (Å²) in [4.78, 5) is 24.6. The lowest BCUT2D eigenvalue weighted by atomic mass is 9.98. The standard InChI is InChI=1S/C31H30FN7O3/c1-2-7-24-18-28(31(42)33-23(17-29(40)41)16-22-8-3-6-11-27(22)32)36-39(24)19-20-12-14-21(15-13-20)25-9-4-5-10-26(25)30-34-37-38-35-30/h3-6,8-15,18,23H,2,7,16-17,19H2,1H3,(H,33,42)(H,40,41)(H,34,35,37,38). The van der Waals surface area contributed by atoms with Crippen molar-refractivity contribution in [2.24, 2.45) is 0 Å². The number of hydrogen-bond donors (Lipinski definition) is 3. The maximum Gasteiger partial charge on any atom is 0.305 e. The van der Waals surface area contributed by atoms with Crippen molar-refractivity contribution < 1.29 is 19.1 Å². The van der Waals surface area contributed by atoms with Crippen LogP contribution < -0.4 is 5.32 Å². The molecule has 0 bridgehead atoms. The molecule has 0 aliphatic carbocycles. The number of amides is 1. The first-order valence-corrected chi connectivity index (χ1v) is 13.7. The number of halogens is 1. The van der Waals surface area contributed by atoms with Crippen LogP contribution in [-0.4, -0.2) is 53.4 Å². The number of hydrogen-bond acceptors (Lipinski definition) is 6. The number of rotatable bonds is 12. The molecule has 1 amide bonds. The number of tetrazole rings is 1. The molecular formula is C31H30FN7O3. The van der Waals surface area contributed by atoms with Crippen molar-refractivity contribution in [3.05, 3.63) is 107 Å². The Labute approximate surface area is 241 Å². The van der Waals surface area contributed by atoms with E-state index < -0.39 is 23.7 Å². The summed E-state index contributed by atoms with van der Waals surface area (Å²) in [6.45, 7) is 2.49. The summed E-state index contributed by atoms with van der Waals surface area (Å²) < 4.78 is 16.0. The van der Waals surface area contributed by atoms with Crippen LogP contribution in [0.2, 0.25) is 0 Å². The van der Waals surface area contributed by atoms with Gasteiger partial charge in [0.2, 0.25) is 5.82 Å². The fourth-order valence-corrected chi connectivity index (χ4v) is 4.90. The molecule has 0 spiro atoms. The van der Waals surface area contributed by atoms with Gasteiger partial charge in [-0.05, 0) is 52.4 Å². The highest BCUT2D eigenvalue weighted by Gasteiger charge is 2.22. The molecule has 42 heavy (non-hydrogen) atoms. The SMILES string of the molecule is CCCc1cc(C(=O)NC(CC(=O)O)Cc2ccccc2F)nn1Cc1ccc(-c2ccccc2-c2nn[nH]n2)cc1. The van der Waals surface area contributed by atoms with Gasteiger partial charge < -0.3 is 10.4 Å². The van der Waals surface area contributed by atoms with E-state index in [4.69, 9.17) is 0 Å². The molecule has 0 saturated heterocycles. The second kappa shape index (κ2) is 13.0. The number of aliphatic carboxylic acids is 1. The Kier molecular flexibility index (Phi) is 8.76. The first-order chi connectivity index (χ1) is 20.4. The van der Waals surface area contributed by atoms with Crippen molar-refractivity contribution in [2.45, 2.75) is 45.2 Å². The van der Waals surface area contributed by atoms with Gasteiger partial charge >= 0.3 is 5.97 Å². The minimum atomic E-state index is -1.09. The highest BCUT2D eigenvalue weighted by molar-refractivity contribution is 5.93. The van der Waals surface area contributed by atoms with Gasteiger partial charge in [-0.2, -0.15) is 10.3 Å². The number of aromatic nitrogens is 6. The molecule has 0 aliphatic heterocycles. The zero-order valence-corrected chi connectivity index (χ0v) is 23.0. The second-order valence-electron chi connectivity index (χ2n) is 9.97. The number of aryl methyl sites for hydroxylation is 1. The van der Waals surface area contributed by atoms with Gasteiger partial charge in [-0.1, -0.05) is 80.1 Å². The molecule has 10 nitrogen and oxygen atoms in total. The summed E-state index contributed by atoms with van der Waals surface area (Å²) in [5.41, 5.74) is 5.24. The quantitative estimate of drug-likeness (QED) is 0.199. The highest BCUT2D eigenvalue weighted by Crippen LogP contribution is 2.30. The fraction of sp³-hybridized carbons (Fsp3) is 0.226. The molecule has 1 atom stereocenters. The van der Waals surface area contributed by atoms with E-state index in [1.165, 1.54) is 6.07 Å². The van der Waals surface area contributed by atoms with E-state index >= 15 is 0 Å². The zero-order chi connectivity index (χ0) is 29.5. The Hall–Kier alpha value is -5.19. The lowest BCUT2D eigenvalue weighted by molar-refractivity contribution is -0.137. The molecule has 2 aromatic heterocycles. The molecule has 11 heteroatoms. The van der Waals surface area contributed by atoms with Gasteiger partial charge in [-0.15, -0.1) is 10.2 Å². The van der Waals surface area contributed by atoms with E-state index in [9.17, 15) is 19.1 Å². The summed E-state index contributed by atoms with van der Waals surface area (Å²) in [7, 11) is 0. The van der Waals surface area contributed by atoms with Crippen molar-refractivity contribution in [3.63, 3.8) is 0 Å². The number of H-pyrrole nitrogens is 1. The molecule has 3 aromatic carbocycles. The van der Waals surface area contributed by atoms with Crippen LogP contribution >= 0.6 is 0 Å². The number of nitrogens with zero attached hydrogens (tertiary/aromatic N) is 5. The van der Waals surface area contributed by atoms with Gasteiger partial charge in [-0.3, -0.25) is 14.3 Å². The molecular weight excluding hydrogens is 537 g/mol. The molecule has 0 saturated carbocycles. The maximum absolute atomic E-state index is 14.2. The van der Waals surface area contributed by atoms with E-state index in [0.29, 0.717) is 24.4 Å². The number of benzene rings is 3. The van der Waals surface area contributed by atoms with Crippen LogP contribution in [0.1, 0.15) is 47.1 Å². The number of carboxylic acids is 1.